The maximum atomic E-state index is 12.9. The van der Waals surface area contributed by atoms with Crippen LogP contribution in [0.2, 0.25) is 0 Å². The van der Waals surface area contributed by atoms with Crippen molar-refractivity contribution in [3.63, 3.8) is 0 Å². The molecular weight excluding hydrogens is 558 g/mol. The summed E-state index contributed by atoms with van der Waals surface area (Å²) in [5.74, 6) is 1.95. The number of carbonyl (C=O) groups is 2. The zero-order valence-corrected chi connectivity index (χ0v) is 26.3. The molecule has 0 saturated carbocycles. The Labute approximate surface area is 259 Å². The van der Waals surface area contributed by atoms with Crippen LogP contribution in [0.3, 0.4) is 0 Å². The van der Waals surface area contributed by atoms with Gasteiger partial charge < -0.3 is 24.5 Å². The quantitative estimate of drug-likeness (QED) is 0.358. The van der Waals surface area contributed by atoms with Gasteiger partial charge in [-0.05, 0) is 73.4 Å². The van der Waals surface area contributed by atoms with Crippen LogP contribution in [0, 0.1) is 18.3 Å². The number of amides is 2. The summed E-state index contributed by atoms with van der Waals surface area (Å²) in [5, 5.41) is 13.7. The molecule has 3 aromatic rings. The van der Waals surface area contributed by atoms with Crippen molar-refractivity contribution in [2.75, 3.05) is 32.7 Å². The summed E-state index contributed by atoms with van der Waals surface area (Å²) in [6.45, 7) is 12.0. The number of aliphatic hydroxyl groups excluding tert-OH is 1. The first kappa shape index (κ1) is 31.7. The standard InChI is InChI=1S/C34H45N5O5/c1-23-30-10-12-38(19-26(30)5-6-31(23)43-21-29-18-35-22-44-29)20-28(40)17-37-32(41)25-7-11-36-27(16-25)15-24-8-13-39(14-9-24)33(42)34(2,3)4/h5-7,11,16,18,22,24,28,40H,8-10,12-15,17,19-21H2,1-4H3,(H,37,41)/t28-/m0/s1. The molecule has 5 rings (SSSR count). The van der Waals surface area contributed by atoms with E-state index in [4.69, 9.17) is 9.15 Å². The highest BCUT2D eigenvalue weighted by atomic mass is 16.5. The highest BCUT2D eigenvalue weighted by Crippen LogP contribution is 2.30. The number of benzene rings is 1. The minimum absolute atomic E-state index is 0.174. The Morgan fingerprint density at radius 2 is 1.98 bits per heavy atom. The van der Waals surface area contributed by atoms with Crippen LogP contribution in [-0.2, 0) is 30.8 Å². The number of likely N-dealkylation sites (tertiary alicyclic amines) is 1. The van der Waals surface area contributed by atoms with E-state index >= 15 is 0 Å². The molecule has 1 atom stereocenters. The minimum atomic E-state index is -0.687. The smallest absolute Gasteiger partial charge is 0.251 e. The summed E-state index contributed by atoms with van der Waals surface area (Å²) in [4.78, 5) is 38.1. The van der Waals surface area contributed by atoms with Crippen molar-refractivity contribution in [2.24, 2.45) is 11.3 Å². The lowest BCUT2D eigenvalue weighted by Crippen LogP contribution is -2.44. The SMILES string of the molecule is Cc1c(OCc2cnco2)ccc2c1CCN(C[C@@H](O)CNC(=O)c1ccnc(CC3CCN(C(=O)C(C)(C)C)CC3)c1)C2. The van der Waals surface area contributed by atoms with Crippen LogP contribution in [0.4, 0.5) is 0 Å². The number of piperidine rings is 1. The normalized spacial score (nSPS) is 16.8. The molecule has 0 spiro atoms. The van der Waals surface area contributed by atoms with Crippen LogP contribution in [0.25, 0.3) is 0 Å². The summed E-state index contributed by atoms with van der Waals surface area (Å²) in [6.07, 6.45) is 7.56. The van der Waals surface area contributed by atoms with Gasteiger partial charge in [0.2, 0.25) is 5.91 Å². The molecule has 236 valence electrons. The number of ether oxygens (including phenoxy) is 1. The molecule has 2 N–H and O–H groups in total. The molecular formula is C34H45N5O5. The molecule has 2 aromatic heterocycles. The number of aromatic nitrogens is 2. The number of fused-ring (bicyclic) bond motifs is 1. The molecule has 2 aliphatic rings. The average molecular weight is 604 g/mol. The molecule has 44 heavy (non-hydrogen) atoms. The maximum absolute atomic E-state index is 12.9. The molecule has 2 amide bonds. The van der Waals surface area contributed by atoms with Gasteiger partial charge in [-0.3, -0.25) is 19.5 Å². The predicted molar refractivity (Wildman–Crippen MR) is 166 cm³/mol. The largest absolute Gasteiger partial charge is 0.485 e. The van der Waals surface area contributed by atoms with Gasteiger partial charge in [-0.25, -0.2) is 4.98 Å². The summed E-state index contributed by atoms with van der Waals surface area (Å²) in [7, 11) is 0. The molecule has 1 fully saturated rings. The number of hydrogen-bond acceptors (Lipinski definition) is 8. The first-order valence-corrected chi connectivity index (χ1v) is 15.6. The van der Waals surface area contributed by atoms with Crippen LogP contribution < -0.4 is 10.1 Å². The maximum Gasteiger partial charge on any atom is 0.251 e. The van der Waals surface area contributed by atoms with E-state index in [0.717, 1.165) is 68.9 Å². The van der Waals surface area contributed by atoms with Gasteiger partial charge >= 0.3 is 0 Å². The Kier molecular flexibility index (Phi) is 10.0. The van der Waals surface area contributed by atoms with Gasteiger partial charge in [0.1, 0.15) is 12.4 Å². The first-order valence-electron chi connectivity index (χ1n) is 15.6. The average Bonchev–Trinajstić information content (AvgIpc) is 3.53. The molecule has 0 aliphatic carbocycles. The van der Waals surface area contributed by atoms with Crippen LogP contribution >= 0.6 is 0 Å². The fourth-order valence-corrected chi connectivity index (χ4v) is 6.17. The molecule has 2 aliphatic heterocycles. The Hall–Kier alpha value is -3.76. The number of aliphatic hydroxyl groups is 1. The first-order chi connectivity index (χ1) is 21.1. The summed E-state index contributed by atoms with van der Waals surface area (Å²) >= 11 is 0. The number of rotatable bonds is 10. The third-order valence-electron chi connectivity index (χ3n) is 8.66. The molecule has 0 unspecified atom stereocenters. The van der Waals surface area contributed by atoms with Crippen LogP contribution in [0.1, 0.15) is 72.1 Å². The summed E-state index contributed by atoms with van der Waals surface area (Å²) in [5.41, 5.74) is 4.72. The predicted octanol–water partition coefficient (Wildman–Crippen LogP) is 3.93. The van der Waals surface area contributed by atoms with E-state index in [-0.39, 0.29) is 23.8 Å². The Morgan fingerprint density at radius 1 is 1.18 bits per heavy atom. The van der Waals surface area contributed by atoms with Gasteiger partial charge in [0.25, 0.3) is 5.91 Å². The van der Waals surface area contributed by atoms with Crippen molar-refractivity contribution >= 4 is 11.8 Å². The van der Waals surface area contributed by atoms with Crippen LogP contribution in [0.15, 0.2) is 47.5 Å². The third-order valence-corrected chi connectivity index (χ3v) is 8.66. The second kappa shape index (κ2) is 13.9. The molecule has 1 saturated heterocycles. The van der Waals surface area contributed by atoms with Gasteiger partial charge in [-0.15, -0.1) is 0 Å². The lowest BCUT2D eigenvalue weighted by atomic mass is 9.89. The highest BCUT2D eigenvalue weighted by molar-refractivity contribution is 5.94. The molecule has 4 heterocycles. The molecule has 0 radical (unpaired) electrons. The molecule has 0 bridgehead atoms. The minimum Gasteiger partial charge on any atom is -0.485 e. The van der Waals surface area contributed by atoms with Crippen LogP contribution in [-0.4, -0.2) is 75.5 Å². The van der Waals surface area contributed by atoms with Crippen molar-refractivity contribution in [3.05, 3.63) is 76.8 Å². The topological polar surface area (TPSA) is 121 Å². The van der Waals surface area contributed by atoms with E-state index in [9.17, 15) is 14.7 Å². The van der Waals surface area contributed by atoms with Crippen molar-refractivity contribution in [1.82, 2.24) is 25.1 Å². The van der Waals surface area contributed by atoms with Gasteiger partial charge in [-0.2, -0.15) is 0 Å². The number of hydrogen-bond donors (Lipinski definition) is 2. The molecule has 1 aromatic carbocycles. The number of pyridine rings is 1. The van der Waals surface area contributed by atoms with E-state index in [1.807, 2.05) is 37.8 Å². The lowest BCUT2D eigenvalue weighted by Gasteiger charge is -2.35. The molecule has 10 heteroatoms. The van der Waals surface area contributed by atoms with E-state index in [2.05, 4.69) is 33.2 Å². The van der Waals surface area contributed by atoms with Crippen molar-refractivity contribution in [2.45, 2.75) is 72.6 Å². The van der Waals surface area contributed by atoms with E-state index in [1.54, 1.807) is 18.5 Å². The van der Waals surface area contributed by atoms with E-state index < -0.39 is 6.10 Å². The van der Waals surface area contributed by atoms with Crippen LogP contribution in [0.5, 0.6) is 5.75 Å². The van der Waals surface area contributed by atoms with Gasteiger partial charge in [0.15, 0.2) is 12.2 Å². The lowest BCUT2D eigenvalue weighted by molar-refractivity contribution is -0.140. The number of oxazole rings is 1. The Balaban J connectivity index is 1.06. The summed E-state index contributed by atoms with van der Waals surface area (Å²) in [6, 6.07) is 7.64. The van der Waals surface area contributed by atoms with Crippen molar-refractivity contribution < 1.29 is 23.8 Å². The second-order valence-electron chi connectivity index (χ2n) is 13.2. The number of nitrogens with one attached hydrogen (secondary N) is 1. The monoisotopic (exact) mass is 603 g/mol. The fourth-order valence-electron chi connectivity index (χ4n) is 6.17. The number of carbonyl (C=O) groups excluding carboxylic acids is 2. The van der Waals surface area contributed by atoms with Gasteiger partial charge in [0.05, 0.1) is 12.3 Å². The third kappa shape index (κ3) is 8.04. The zero-order valence-electron chi connectivity index (χ0n) is 26.3. The number of β-amino-alcohol motifs (C(OH)–C–C–N with tert-alkyl or cyclic N) is 1. The van der Waals surface area contributed by atoms with Crippen molar-refractivity contribution in [3.8, 4) is 5.75 Å². The highest BCUT2D eigenvalue weighted by Gasteiger charge is 2.30. The second-order valence-corrected chi connectivity index (χ2v) is 13.2. The summed E-state index contributed by atoms with van der Waals surface area (Å²) < 4.78 is 11.2. The fraction of sp³-hybridized carbons (Fsp3) is 0.529. The Bertz CT molecular complexity index is 1430. The van der Waals surface area contributed by atoms with E-state index in [0.29, 0.717) is 30.4 Å². The number of nitrogens with zero attached hydrogens (tertiary/aromatic N) is 4. The molecule has 10 nitrogen and oxygen atoms in total. The van der Waals surface area contributed by atoms with Crippen molar-refractivity contribution in [1.29, 1.82) is 0 Å². The zero-order chi connectivity index (χ0) is 31.3. The van der Waals surface area contributed by atoms with Gasteiger partial charge in [-0.1, -0.05) is 26.8 Å². The van der Waals surface area contributed by atoms with E-state index in [1.165, 1.54) is 17.5 Å². The van der Waals surface area contributed by atoms with Gasteiger partial charge in [0, 0.05) is 62.1 Å². The Morgan fingerprint density at radius 3 is 2.70 bits per heavy atom.